The molecule has 0 unspecified atom stereocenters. The van der Waals surface area contributed by atoms with Gasteiger partial charge in [0.15, 0.2) is 0 Å². The molecule has 1 rings (SSSR count). The lowest BCUT2D eigenvalue weighted by molar-refractivity contribution is -0.140. The first-order valence-corrected chi connectivity index (χ1v) is 6.11. The van der Waals surface area contributed by atoms with Gasteiger partial charge in [-0.3, -0.25) is 4.79 Å². The smallest absolute Gasteiger partial charge is 0.320 e. The van der Waals surface area contributed by atoms with Gasteiger partial charge in [-0.25, -0.2) is 0 Å². The van der Waals surface area contributed by atoms with Crippen molar-refractivity contribution < 1.29 is 9.90 Å². The molecule has 1 saturated carbocycles. The number of rotatable bonds is 6. The molecule has 1 aliphatic rings. The summed E-state index contributed by atoms with van der Waals surface area (Å²) in [6, 6.07) is -0.365. The van der Waals surface area contributed by atoms with Crippen LogP contribution in [0, 0.1) is 11.8 Å². The zero-order valence-electron chi connectivity index (χ0n) is 9.83. The molecule has 0 radical (unpaired) electrons. The molecule has 0 bridgehead atoms. The summed E-state index contributed by atoms with van der Waals surface area (Å²) in [6.07, 6.45) is 6.06. The highest BCUT2D eigenvalue weighted by atomic mass is 16.4. The van der Waals surface area contributed by atoms with Crippen molar-refractivity contribution in [1.29, 1.82) is 0 Å². The maximum Gasteiger partial charge on any atom is 0.320 e. The summed E-state index contributed by atoms with van der Waals surface area (Å²) >= 11 is 0. The van der Waals surface area contributed by atoms with E-state index in [2.05, 4.69) is 5.32 Å². The minimum atomic E-state index is -0.706. The third kappa shape index (κ3) is 3.82. The number of hydrogen-bond donors (Lipinski definition) is 2. The van der Waals surface area contributed by atoms with Crippen molar-refractivity contribution in [2.24, 2.45) is 11.8 Å². The SMILES string of the molecule is CC[C@H](C)[C@H](NCC1CCCC1)C(=O)O. The molecule has 0 spiro atoms. The van der Waals surface area contributed by atoms with E-state index < -0.39 is 5.97 Å². The van der Waals surface area contributed by atoms with Gasteiger partial charge < -0.3 is 10.4 Å². The number of carbonyl (C=O) groups is 1. The summed E-state index contributed by atoms with van der Waals surface area (Å²) in [4.78, 5) is 11.0. The van der Waals surface area contributed by atoms with E-state index in [-0.39, 0.29) is 12.0 Å². The fourth-order valence-electron chi connectivity index (χ4n) is 2.28. The topological polar surface area (TPSA) is 49.3 Å². The predicted octanol–water partition coefficient (Wildman–Crippen LogP) is 2.27. The Labute approximate surface area is 92.3 Å². The maximum absolute atomic E-state index is 11.0. The Morgan fingerprint density at radius 2 is 2.07 bits per heavy atom. The van der Waals surface area contributed by atoms with Gasteiger partial charge in [0, 0.05) is 0 Å². The lowest BCUT2D eigenvalue weighted by Gasteiger charge is -2.22. The standard InChI is InChI=1S/C12H23NO2/c1-3-9(2)11(12(14)15)13-8-10-6-4-5-7-10/h9-11,13H,3-8H2,1-2H3,(H,14,15)/t9-,11-/m0/s1. The molecule has 88 valence electrons. The van der Waals surface area contributed by atoms with Gasteiger partial charge in [0.1, 0.15) is 6.04 Å². The lowest BCUT2D eigenvalue weighted by Crippen LogP contribution is -2.43. The summed E-state index contributed by atoms with van der Waals surface area (Å²) in [5, 5.41) is 12.3. The van der Waals surface area contributed by atoms with Crippen LogP contribution in [-0.4, -0.2) is 23.7 Å². The highest BCUT2D eigenvalue weighted by Gasteiger charge is 2.24. The zero-order chi connectivity index (χ0) is 11.3. The predicted molar refractivity (Wildman–Crippen MR) is 60.8 cm³/mol. The minimum absolute atomic E-state index is 0.212. The van der Waals surface area contributed by atoms with Crippen molar-refractivity contribution in [3.8, 4) is 0 Å². The highest BCUT2D eigenvalue weighted by molar-refractivity contribution is 5.73. The molecule has 0 heterocycles. The number of carboxylic acid groups (broad SMARTS) is 1. The molecule has 0 aromatic heterocycles. The fourth-order valence-corrected chi connectivity index (χ4v) is 2.28. The average Bonchev–Trinajstić information content (AvgIpc) is 2.70. The summed E-state index contributed by atoms with van der Waals surface area (Å²) in [7, 11) is 0. The van der Waals surface area contributed by atoms with Crippen LogP contribution in [0.5, 0.6) is 0 Å². The van der Waals surface area contributed by atoms with Gasteiger partial charge in [-0.15, -0.1) is 0 Å². The second-order valence-electron chi connectivity index (χ2n) is 4.76. The molecule has 15 heavy (non-hydrogen) atoms. The molecule has 0 saturated heterocycles. The minimum Gasteiger partial charge on any atom is -0.480 e. The first-order valence-electron chi connectivity index (χ1n) is 6.11. The third-order valence-electron chi connectivity index (χ3n) is 3.58. The van der Waals surface area contributed by atoms with Crippen LogP contribution in [0.15, 0.2) is 0 Å². The van der Waals surface area contributed by atoms with Crippen molar-refractivity contribution in [2.45, 2.75) is 52.0 Å². The van der Waals surface area contributed by atoms with Crippen molar-refractivity contribution in [1.82, 2.24) is 5.32 Å². The van der Waals surface area contributed by atoms with Crippen LogP contribution in [0.2, 0.25) is 0 Å². The highest BCUT2D eigenvalue weighted by Crippen LogP contribution is 2.24. The van der Waals surface area contributed by atoms with Gasteiger partial charge in [-0.2, -0.15) is 0 Å². The van der Waals surface area contributed by atoms with E-state index in [0.717, 1.165) is 13.0 Å². The Bertz CT molecular complexity index is 200. The van der Waals surface area contributed by atoms with Crippen LogP contribution in [0.3, 0.4) is 0 Å². The molecule has 0 aromatic carbocycles. The summed E-state index contributed by atoms with van der Waals surface area (Å²) < 4.78 is 0. The van der Waals surface area contributed by atoms with E-state index >= 15 is 0 Å². The molecular formula is C12H23NO2. The van der Waals surface area contributed by atoms with Crippen LogP contribution in [0.4, 0.5) is 0 Å². The van der Waals surface area contributed by atoms with Gasteiger partial charge in [0.2, 0.25) is 0 Å². The van der Waals surface area contributed by atoms with Crippen molar-refractivity contribution >= 4 is 5.97 Å². The molecule has 0 amide bonds. The maximum atomic E-state index is 11.0. The molecular weight excluding hydrogens is 190 g/mol. The van der Waals surface area contributed by atoms with Crippen LogP contribution in [0.25, 0.3) is 0 Å². The molecule has 0 aliphatic heterocycles. The molecule has 2 N–H and O–H groups in total. The normalized spacial score (nSPS) is 21.5. The monoisotopic (exact) mass is 213 g/mol. The zero-order valence-corrected chi connectivity index (χ0v) is 9.83. The lowest BCUT2D eigenvalue weighted by atomic mass is 9.98. The summed E-state index contributed by atoms with van der Waals surface area (Å²) in [5.74, 6) is 0.210. The molecule has 1 fully saturated rings. The van der Waals surface area contributed by atoms with E-state index in [1.54, 1.807) is 0 Å². The average molecular weight is 213 g/mol. The van der Waals surface area contributed by atoms with Gasteiger partial charge in [-0.1, -0.05) is 33.1 Å². The Morgan fingerprint density at radius 1 is 1.47 bits per heavy atom. The van der Waals surface area contributed by atoms with E-state index in [4.69, 9.17) is 5.11 Å². The van der Waals surface area contributed by atoms with Gasteiger partial charge in [0.25, 0.3) is 0 Å². The third-order valence-corrected chi connectivity index (χ3v) is 3.58. The first kappa shape index (κ1) is 12.5. The van der Waals surface area contributed by atoms with Gasteiger partial charge >= 0.3 is 5.97 Å². The second kappa shape index (κ2) is 6.11. The largest absolute Gasteiger partial charge is 0.480 e. The number of carboxylic acids is 1. The second-order valence-corrected chi connectivity index (χ2v) is 4.76. The van der Waals surface area contributed by atoms with E-state index in [0.29, 0.717) is 5.92 Å². The van der Waals surface area contributed by atoms with E-state index in [1.807, 2.05) is 13.8 Å². The van der Waals surface area contributed by atoms with Crippen molar-refractivity contribution in [3.05, 3.63) is 0 Å². The van der Waals surface area contributed by atoms with E-state index in [9.17, 15) is 4.79 Å². The summed E-state index contributed by atoms with van der Waals surface area (Å²) in [6.45, 7) is 4.92. The summed E-state index contributed by atoms with van der Waals surface area (Å²) in [5.41, 5.74) is 0. The number of aliphatic carboxylic acids is 1. The Balaban J connectivity index is 2.33. The van der Waals surface area contributed by atoms with Crippen LogP contribution >= 0.6 is 0 Å². The first-order chi connectivity index (χ1) is 7.15. The Hall–Kier alpha value is -0.570. The van der Waals surface area contributed by atoms with Gasteiger partial charge in [0.05, 0.1) is 0 Å². The number of nitrogens with one attached hydrogen (secondary N) is 1. The van der Waals surface area contributed by atoms with Gasteiger partial charge in [-0.05, 0) is 31.2 Å². The Kier molecular flexibility index (Phi) is 5.09. The van der Waals surface area contributed by atoms with E-state index in [1.165, 1.54) is 25.7 Å². The van der Waals surface area contributed by atoms with Crippen LogP contribution < -0.4 is 5.32 Å². The molecule has 3 heteroatoms. The van der Waals surface area contributed by atoms with Crippen LogP contribution in [-0.2, 0) is 4.79 Å². The van der Waals surface area contributed by atoms with Crippen molar-refractivity contribution in [3.63, 3.8) is 0 Å². The molecule has 0 aromatic rings. The molecule has 3 nitrogen and oxygen atoms in total. The number of hydrogen-bond acceptors (Lipinski definition) is 2. The molecule has 2 atom stereocenters. The quantitative estimate of drug-likeness (QED) is 0.711. The Morgan fingerprint density at radius 3 is 2.53 bits per heavy atom. The fraction of sp³-hybridized carbons (Fsp3) is 0.917. The van der Waals surface area contributed by atoms with Crippen molar-refractivity contribution in [2.75, 3.05) is 6.54 Å². The molecule has 1 aliphatic carbocycles. The van der Waals surface area contributed by atoms with Crippen LogP contribution in [0.1, 0.15) is 46.0 Å².